The molecule has 19 heavy (non-hydrogen) atoms. The van der Waals surface area contributed by atoms with E-state index in [-0.39, 0.29) is 12.1 Å². The maximum atomic E-state index is 13.2. The van der Waals surface area contributed by atoms with Crippen LogP contribution in [-0.4, -0.2) is 31.4 Å². The fraction of sp³-hybridized carbons (Fsp3) is 0.429. The first-order chi connectivity index (χ1) is 9.00. The Morgan fingerprint density at radius 2 is 2.05 bits per heavy atom. The molecule has 0 atom stereocenters. The number of nitrogens with zero attached hydrogens (tertiary/aromatic N) is 1. The largest absolute Gasteiger partial charge is 0.379 e. The first kappa shape index (κ1) is 13.7. The Labute approximate surface area is 111 Å². The lowest BCUT2D eigenvalue weighted by Gasteiger charge is -2.16. The van der Waals surface area contributed by atoms with E-state index in [0.29, 0.717) is 24.8 Å². The molecule has 0 spiro atoms. The number of hydrogen-bond acceptors (Lipinski definition) is 3. The molecule has 1 heterocycles. The average Bonchev–Trinajstić information content (AvgIpc) is 2.58. The minimum atomic E-state index is -0.617. The smallest absolute Gasteiger partial charge is 0.299 e. The summed E-state index contributed by atoms with van der Waals surface area (Å²) in [5.74, 6) is -1.26. The normalized spacial score (nSPS) is 14.4. The Hall–Kier alpha value is -1.75. The van der Waals surface area contributed by atoms with Gasteiger partial charge in [-0.05, 0) is 24.1 Å². The molecule has 2 rings (SSSR count). The molecule has 0 aromatic heterocycles. The first-order valence-corrected chi connectivity index (χ1v) is 6.24. The second kappa shape index (κ2) is 5.48. The van der Waals surface area contributed by atoms with Crippen LogP contribution < -0.4 is 4.90 Å². The summed E-state index contributed by atoms with van der Waals surface area (Å²) in [7, 11) is 0. The zero-order chi connectivity index (χ0) is 14.0. The number of anilines is 1. The standard InChI is InChI=1S/C14H16FNO3/c1-9(2)8-19-6-5-16-12-7-10(15)3-4-11(12)13(17)14(16)18/h3-4,7,9H,5-6,8H2,1-2H3. The van der Waals surface area contributed by atoms with Crippen LogP contribution in [0.4, 0.5) is 10.1 Å². The monoisotopic (exact) mass is 265 g/mol. The van der Waals surface area contributed by atoms with E-state index < -0.39 is 17.5 Å². The van der Waals surface area contributed by atoms with Crippen LogP contribution in [0.1, 0.15) is 24.2 Å². The van der Waals surface area contributed by atoms with Crippen molar-refractivity contribution in [3.63, 3.8) is 0 Å². The number of carbonyl (C=O) groups excluding carboxylic acids is 2. The quantitative estimate of drug-likeness (QED) is 0.604. The van der Waals surface area contributed by atoms with Crippen molar-refractivity contribution in [1.82, 2.24) is 0 Å². The van der Waals surface area contributed by atoms with Gasteiger partial charge in [0.25, 0.3) is 11.7 Å². The van der Waals surface area contributed by atoms with Crippen molar-refractivity contribution in [1.29, 1.82) is 0 Å². The predicted octanol–water partition coefficient (Wildman–Crippen LogP) is 2.03. The van der Waals surface area contributed by atoms with Gasteiger partial charge >= 0.3 is 0 Å². The van der Waals surface area contributed by atoms with Gasteiger partial charge in [0.1, 0.15) is 5.82 Å². The van der Waals surface area contributed by atoms with E-state index in [0.717, 1.165) is 0 Å². The number of benzene rings is 1. The van der Waals surface area contributed by atoms with Crippen LogP contribution in [0.3, 0.4) is 0 Å². The molecule has 0 aliphatic carbocycles. The topological polar surface area (TPSA) is 46.6 Å². The maximum Gasteiger partial charge on any atom is 0.299 e. The number of ketones is 1. The summed E-state index contributed by atoms with van der Waals surface area (Å²) >= 11 is 0. The minimum Gasteiger partial charge on any atom is -0.379 e. The molecule has 0 radical (unpaired) electrons. The summed E-state index contributed by atoms with van der Waals surface area (Å²) in [6.45, 7) is 5.22. The van der Waals surface area contributed by atoms with Gasteiger partial charge in [0.2, 0.25) is 0 Å². The number of hydrogen-bond donors (Lipinski definition) is 0. The Kier molecular flexibility index (Phi) is 3.95. The van der Waals surface area contributed by atoms with Gasteiger partial charge in [-0.1, -0.05) is 13.8 Å². The molecule has 5 heteroatoms. The Morgan fingerprint density at radius 1 is 1.32 bits per heavy atom. The highest BCUT2D eigenvalue weighted by atomic mass is 19.1. The highest BCUT2D eigenvalue weighted by Gasteiger charge is 2.35. The molecule has 0 fully saturated rings. The van der Waals surface area contributed by atoms with Crippen LogP contribution in [-0.2, 0) is 9.53 Å². The molecule has 4 nitrogen and oxygen atoms in total. The van der Waals surface area contributed by atoms with E-state index in [9.17, 15) is 14.0 Å². The number of Topliss-reactive ketones (excluding diaryl/α,β-unsaturated/α-hetero) is 1. The van der Waals surface area contributed by atoms with Crippen molar-refractivity contribution >= 4 is 17.4 Å². The maximum absolute atomic E-state index is 13.2. The summed E-state index contributed by atoms with van der Waals surface area (Å²) in [6, 6.07) is 3.74. The summed E-state index contributed by atoms with van der Waals surface area (Å²) in [4.78, 5) is 24.8. The van der Waals surface area contributed by atoms with Gasteiger partial charge in [-0.15, -0.1) is 0 Å². The molecule has 1 amide bonds. The van der Waals surface area contributed by atoms with E-state index in [2.05, 4.69) is 0 Å². The zero-order valence-electron chi connectivity index (χ0n) is 11.0. The Morgan fingerprint density at radius 3 is 2.74 bits per heavy atom. The van der Waals surface area contributed by atoms with Crippen molar-refractivity contribution in [2.24, 2.45) is 5.92 Å². The third-order valence-corrected chi connectivity index (χ3v) is 2.85. The molecule has 0 unspecified atom stereocenters. The van der Waals surface area contributed by atoms with E-state index in [1.807, 2.05) is 13.8 Å². The van der Waals surface area contributed by atoms with Gasteiger partial charge in [0.15, 0.2) is 0 Å². The molecule has 1 aromatic carbocycles. The third-order valence-electron chi connectivity index (χ3n) is 2.85. The average molecular weight is 265 g/mol. The van der Waals surface area contributed by atoms with Gasteiger partial charge in [-0.3, -0.25) is 9.59 Å². The van der Waals surface area contributed by atoms with E-state index in [1.165, 1.54) is 23.1 Å². The number of ether oxygens (including phenoxy) is 1. The fourth-order valence-electron chi connectivity index (χ4n) is 1.96. The summed E-state index contributed by atoms with van der Waals surface area (Å²) in [5, 5.41) is 0. The molecule has 102 valence electrons. The second-order valence-corrected chi connectivity index (χ2v) is 4.92. The minimum absolute atomic E-state index is 0.258. The van der Waals surface area contributed by atoms with Crippen molar-refractivity contribution in [3.8, 4) is 0 Å². The molecular weight excluding hydrogens is 249 g/mol. The van der Waals surface area contributed by atoms with Crippen LogP contribution in [0, 0.1) is 11.7 Å². The van der Waals surface area contributed by atoms with Crippen LogP contribution in [0.5, 0.6) is 0 Å². The van der Waals surface area contributed by atoms with Gasteiger partial charge < -0.3 is 9.64 Å². The highest BCUT2D eigenvalue weighted by Crippen LogP contribution is 2.29. The molecule has 0 saturated carbocycles. The van der Waals surface area contributed by atoms with Gasteiger partial charge in [0, 0.05) is 13.2 Å². The van der Waals surface area contributed by atoms with Gasteiger partial charge in [-0.2, -0.15) is 0 Å². The molecule has 0 saturated heterocycles. The lowest BCUT2D eigenvalue weighted by molar-refractivity contribution is -0.114. The Balaban J connectivity index is 2.08. The van der Waals surface area contributed by atoms with Crippen LogP contribution in [0.2, 0.25) is 0 Å². The SMILES string of the molecule is CC(C)COCCN1C(=O)C(=O)c2ccc(F)cc21. The molecule has 0 N–H and O–H groups in total. The van der Waals surface area contributed by atoms with Crippen molar-refractivity contribution in [3.05, 3.63) is 29.6 Å². The molecule has 1 aromatic rings. The van der Waals surface area contributed by atoms with Gasteiger partial charge in [-0.25, -0.2) is 4.39 Å². The highest BCUT2D eigenvalue weighted by molar-refractivity contribution is 6.52. The summed E-state index contributed by atoms with van der Waals surface area (Å²) in [5.41, 5.74) is 0.596. The van der Waals surface area contributed by atoms with E-state index in [4.69, 9.17) is 4.74 Å². The van der Waals surface area contributed by atoms with Crippen LogP contribution in [0.25, 0.3) is 0 Å². The third kappa shape index (κ3) is 2.81. The van der Waals surface area contributed by atoms with Crippen molar-refractivity contribution < 1.29 is 18.7 Å². The lowest BCUT2D eigenvalue weighted by atomic mass is 10.1. The number of amides is 1. The van der Waals surface area contributed by atoms with E-state index in [1.54, 1.807) is 0 Å². The van der Waals surface area contributed by atoms with E-state index >= 15 is 0 Å². The number of halogens is 1. The Bertz CT molecular complexity index is 513. The first-order valence-electron chi connectivity index (χ1n) is 6.24. The molecule has 1 aliphatic heterocycles. The summed E-state index contributed by atoms with van der Waals surface area (Å²) < 4.78 is 18.6. The predicted molar refractivity (Wildman–Crippen MR) is 68.7 cm³/mol. The lowest BCUT2D eigenvalue weighted by Crippen LogP contribution is -2.33. The number of fused-ring (bicyclic) bond motifs is 1. The van der Waals surface area contributed by atoms with Crippen molar-refractivity contribution in [2.45, 2.75) is 13.8 Å². The van der Waals surface area contributed by atoms with Crippen LogP contribution in [0.15, 0.2) is 18.2 Å². The fourth-order valence-corrected chi connectivity index (χ4v) is 1.96. The molecule has 0 bridgehead atoms. The second-order valence-electron chi connectivity index (χ2n) is 4.92. The van der Waals surface area contributed by atoms with Gasteiger partial charge in [0.05, 0.1) is 17.9 Å². The zero-order valence-corrected chi connectivity index (χ0v) is 11.0. The number of rotatable bonds is 5. The summed E-state index contributed by atoms with van der Waals surface area (Å²) in [6.07, 6.45) is 0. The molecule has 1 aliphatic rings. The molecular formula is C14H16FNO3. The number of carbonyl (C=O) groups is 2. The van der Waals surface area contributed by atoms with Crippen molar-refractivity contribution in [2.75, 3.05) is 24.7 Å². The van der Waals surface area contributed by atoms with Crippen LogP contribution >= 0.6 is 0 Å².